The van der Waals surface area contributed by atoms with E-state index in [0.717, 1.165) is 37.2 Å². The Morgan fingerprint density at radius 1 is 1.04 bits per heavy atom. The first-order valence-electron chi connectivity index (χ1n) is 8.76. The van der Waals surface area contributed by atoms with E-state index in [9.17, 15) is 4.79 Å². The summed E-state index contributed by atoms with van der Waals surface area (Å²) in [5.74, 6) is 1.47. The molecule has 1 fully saturated rings. The Labute approximate surface area is 148 Å². The Morgan fingerprint density at radius 2 is 1.76 bits per heavy atom. The monoisotopic (exact) mass is 340 g/mol. The zero-order valence-electron chi connectivity index (χ0n) is 14.6. The van der Waals surface area contributed by atoms with Crippen molar-refractivity contribution in [2.24, 2.45) is 0 Å². The Morgan fingerprint density at radius 3 is 2.36 bits per heavy atom. The second-order valence-corrected chi connectivity index (χ2v) is 6.21. The van der Waals surface area contributed by atoms with Crippen LogP contribution < -0.4 is 10.1 Å². The Bertz CT molecular complexity index is 678. The molecule has 0 spiro atoms. The highest BCUT2D eigenvalue weighted by Crippen LogP contribution is 2.14. The van der Waals surface area contributed by atoms with Gasteiger partial charge >= 0.3 is 0 Å². The van der Waals surface area contributed by atoms with E-state index in [1.165, 1.54) is 12.8 Å². The normalized spacial score (nSPS) is 14.7. The van der Waals surface area contributed by atoms with Gasteiger partial charge in [-0.1, -0.05) is 25.0 Å². The molecule has 25 heavy (non-hydrogen) atoms. The molecule has 3 rings (SSSR count). The molecule has 1 N–H and O–H groups in total. The summed E-state index contributed by atoms with van der Waals surface area (Å²) in [4.78, 5) is 14.4. The van der Waals surface area contributed by atoms with Gasteiger partial charge in [0.2, 0.25) is 0 Å². The number of likely N-dealkylation sites (tertiary alicyclic amines) is 1. The van der Waals surface area contributed by atoms with Crippen LogP contribution in [0.3, 0.4) is 0 Å². The third kappa shape index (κ3) is 4.68. The number of anilines is 1. The SMILES string of the molecule is COc1ccc(CNc2ccc(C(=O)N3CCCCCC3)nn2)cc1. The van der Waals surface area contributed by atoms with Gasteiger partial charge in [-0.25, -0.2) is 0 Å². The molecule has 6 nitrogen and oxygen atoms in total. The minimum Gasteiger partial charge on any atom is -0.497 e. The van der Waals surface area contributed by atoms with Gasteiger partial charge in [0.1, 0.15) is 11.6 Å². The number of rotatable bonds is 5. The molecule has 1 amide bonds. The molecule has 1 aliphatic rings. The standard InChI is InChI=1S/C19H24N4O2/c1-25-16-8-6-15(7-9-16)14-20-18-11-10-17(21-22-18)19(24)23-12-4-2-3-5-13-23/h6-11H,2-5,12-14H2,1H3,(H,20,22). The summed E-state index contributed by atoms with van der Waals surface area (Å²) in [6.45, 7) is 2.27. The molecule has 2 heterocycles. The number of hydrogen-bond donors (Lipinski definition) is 1. The number of carbonyl (C=O) groups is 1. The largest absolute Gasteiger partial charge is 0.497 e. The van der Waals surface area contributed by atoms with Crippen LogP contribution >= 0.6 is 0 Å². The van der Waals surface area contributed by atoms with Gasteiger partial charge in [0, 0.05) is 19.6 Å². The van der Waals surface area contributed by atoms with Crippen LogP contribution in [-0.2, 0) is 6.54 Å². The van der Waals surface area contributed by atoms with Gasteiger partial charge in [-0.3, -0.25) is 4.79 Å². The summed E-state index contributed by atoms with van der Waals surface area (Å²) in [5.41, 5.74) is 1.53. The fourth-order valence-electron chi connectivity index (χ4n) is 2.91. The molecule has 0 saturated carbocycles. The first-order valence-corrected chi connectivity index (χ1v) is 8.76. The maximum Gasteiger partial charge on any atom is 0.274 e. The molecule has 1 aromatic carbocycles. The van der Waals surface area contributed by atoms with Crippen LogP contribution in [0.2, 0.25) is 0 Å². The lowest BCUT2D eigenvalue weighted by Gasteiger charge is -2.19. The van der Waals surface area contributed by atoms with Gasteiger partial charge in [0.05, 0.1) is 7.11 Å². The Hall–Kier alpha value is -2.63. The maximum atomic E-state index is 12.5. The number of benzene rings is 1. The van der Waals surface area contributed by atoms with Crippen LogP contribution in [0.15, 0.2) is 36.4 Å². The summed E-state index contributed by atoms with van der Waals surface area (Å²) in [6, 6.07) is 11.4. The molecule has 1 aromatic heterocycles. The van der Waals surface area contributed by atoms with E-state index in [1.54, 1.807) is 13.2 Å². The quantitative estimate of drug-likeness (QED) is 0.906. The van der Waals surface area contributed by atoms with E-state index in [1.807, 2.05) is 35.2 Å². The van der Waals surface area contributed by atoms with Crippen molar-refractivity contribution in [3.8, 4) is 5.75 Å². The van der Waals surface area contributed by atoms with Crippen molar-refractivity contribution in [3.05, 3.63) is 47.7 Å². The van der Waals surface area contributed by atoms with Crippen LogP contribution in [-0.4, -0.2) is 41.2 Å². The molecule has 0 aliphatic carbocycles. The molecule has 0 atom stereocenters. The Kier molecular flexibility index (Phi) is 5.82. The first-order chi connectivity index (χ1) is 12.3. The number of hydrogen-bond acceptors (Lipinski definition) is 5. The molecule has 1 saturated heterocycles. The van der Waals surface area contributed by atoms with Crippen molar-refractivity contribution >= 4 is 11.7 Å². The van der Waals surface area contributed by atoms with Crippen LogP contribution in [0.5, 0.6) is 5.75 Å². The van der Waals surface area contributed by atoms with Crippen molar-refractivity contribution in [2.45, 2.75) is 32.2 Å². The number of methoxy groups -OCH3 is 1. The predicted molar refractivity (Wildman–Crippen MR) is 96.7 cm³/mol. The van der Waals surface area contributed by atoms with Crippen LogP contribution in [0.4, 0.5) is 5.82 Å². The fraction of sp³-hybridized carbons (Fsp3) is 0.421. The molecule has 0 bridgehead atoms. The summed E-state index contributed by atoms with van der Waals surface area (Å²) in [7, 11) is 1.65. The molecule has 132 valence electrons. The van der Waals surface area contributed by atoms with Crippen molar-refractivity contribution in [2.75, 3.05) is 25.5 Å². The third-order valence-corrected chi connectivity index (χ3v) is 4.41. The second kappa shape index (κ2) is 8.46. The van der Waals surface area contributed by atoms with Gasteiger partial charge < -0.3 is 15.0 Å². The molecular formula is C19H24N4O2. The third-order valence-electron chi connectivity index (χ3n) is 4.41. The summed E-state index contributed by atoms with van der Waals surface area (Å²) >= 11 is 0. The lowest BCUT2D eigenvalue weighted by Crippen LogP contribution is -2.32. The number of amides is 1. The number of nitrogens with zero attached hydrogens (tertiary/aromatic N) is 3. The topological polar surface area (TPSA) is 67.3 Å². The number of aromatic nitrogens is 2. The highest BCUT2D eigenvalue weighted by atomic mass is 16.5. The summed E-state index contributed by atoms with van der Waals surface area (Å²) in [5, 5.41) is 11.4. The van der Waals surface area contributed by atoms with E-state index >= 15 is 0 Å². The molecular weight excluding hydrogens is 316 g/mol. The summed E-state index contributed by atoms with van der Waals surface area (Å²) < 4.78 is 5.15. The highest BCUT2D eigenvalue weighted by molar-refractivity contribution is 5.92. The van der Waals surface area contributed by atoms with Crippen molar-refractivity contribution in [1.82, 2.24) is 15.1 Å². The van der Waals surface area contributed by atoms with Crippen molar-refractivity contribution < 1.29 is 9.53 Å². The van der Waals surface area contributed by atoms with Gasteiger partial charge in [0.15, 0.2) is 5.69 Å². The predicted octanol–water partition coefficient (Wildman–Crippen LogP) is 3.11. The van der Waals surface area contributed by atoms with E-state index < -0.39 is 0 Å². The zero-order chi connectivity index (χ0) is 17.5. The number of nitrogens with one attached hydrogen (secondary N) is 1. The molecule has 0 radical (unpaired) electrons. The smallest absolute Gasteiger partial charge is 0.274 e. The van der Waals surface area contributed by atoms with Gasteiger partial charge in [-0.2, -0.15) is 0 Å². The average molecular weight is 340 g/mol. The van der Waals surface area contributed by atoms with E-state index in [0.29, 0.717) is 18.1 Å². The van der Waals surface area contributed by atoms with E-state index in [2.05, 4.69) is 15.5 Å². The zero-order valence-corrected chi connectivity index (χ0v) is 14.6. The van der Waals surface area contributed by atoms with Crippen LogP contribution in [0.1, 0.15) is 41.7 Å². The lowest BCUT2D eigenvalue weighted by molar-refractivity contribution is 0.0754. The maximum absolute atomic E-state index is 12.5. The molecule has 0 unspecified atom stereocenters. The minimum absolute atomic E-state index is 0.0175. The van der Waals surface area contributed by atoms with Crippen molar-refractivity contribution in [3.63, 3.8) is 0 Å². The van der Waals surface area contributed by atoms with E-state index in [-0.39, 0.29) is 5.91 Å². The number of ether oxygens (including phenoxy) is 1. The average Bonchev–Trinajstić information content (AvgIpc) is 2.96. The van der Waals surface area contributed by atoms with Gasteiger partial charge in [0.25, 0.3) is 5.91 Å². The fourth-order valence-corrected chi connectivity index (χ4v) is 2.91. The van der Waals surface area contributed by atoms with Gasteiger partial charge in [-0.15, -0.1) is 10.2 Å². The summed E-state index contributed by atoms with van der Waals surface area (Å²) in [6.07, 6.45) is 4.54. The van der Waals surface area contributed by atoms with E-state index in [4.69, 9.17) is 4.74 Å². The van der Waals surface area contributed by atoms with Gasteiger partial charge in [-0.05, 0) is 42.7 Å². The minimum atomic E-state index is -0.0175. The molecule has 2 aromatic rings. The van der Waals surface area contributed by atoms with Crippen LogP contribution in [0, 0.1) is 0 Å². The molecule has 1 aliphatic heterocycles. The molecule has 6 heteroatoms. The second-order valence-electron chi connectivity index (χ2n) is 6.21. The van der Waals surface area contributed by atoms with Crippen molar-refractivity contribution in [1.29, 1.82) is 0 Å². The lowest BCUT2D eigenvalue weighted by atomic mass is 10.2. The first kappa shape index (κ1) is 17.2. The van der Waals surface area contributed by atoms with Crippen LogP contribution in [0.25, 0.3) is 0 Å². The Balaban J connectivity index is 1.56. The number of carbonyl (C=O) groups excluding carboxylic acids is 1. The highest BCUT2D eigenvalue weighted by Gasteiger charge is 2.18.